The average molecular weight is 263 g/mol. The molecule has 0 aliphatic carbocycles. The molecule has 0 aromatic carbocycles. The highest BCUT2D eigenvalue weighted by Gasteiger charge is 2.03. The van der Waals surface area contributed by atoms with E-state index in [2.05, 4.69) is 21.9 Å². The lowest BCUT2D eigenvalue weighted by Crippen LogP contribution is -1.99. The molecule has 2 aromatic heterocycles. The highest BCUT2D eigenvalue weighted by molar-refractivity contribution is 7.99. The van der Waals surface area contributed by atoms with Gasteiger partial charge < -0.3 is 4.42 Å². The molecule has 0 bridgehead atoms. The monoisotopic (exact) mass is 263 g/mol. The second-order valence-electron chi connectivity index (χ2n) is 4.05. The predicted octanol–water partition coefficient (Wildman–Crippen LogP) is 3.34. The van der Waals surface area contributed by atoms with Gasteiger partial charge in [-0.3, -0.25) is 0 Å². The van der Waals surface area contributed by atoms with Crippen LogP contribution in [0.4, 0.5) is 0 Å². The standard InChI is InChI=1S/C13H17N3OS/c1-2-3-4-7-18-13-15-10-14-12(16-13)8-11-5-6-17-9-11/h5-6,9-10H,2-4,7-8H2,1H3. The molecule has 0 saturated heterocycles. The minimum atomic E-state index is 0.696. The number of aromatic nitrogens is 3. The lowest BCUT2D eigenvalue weighted by Gasteiger charge is -2.01. The molecule has 0 spiro atoms. The van der Waals surface area contributed by atoms with Crippen molar-refractivity contribution in [3.63, 3.8) is 0 Å². The first-order valence-electron chi connectivity index (χ1n) is 6.20. The smallest absolute Gasteiger partial charge is 0.190 e. The molecule has 2 heterocycles. The van der Waals surface area contributed by atoms with E-state index in [0.29, 0.717) is 6.42 Å². The van der Waals surface area contributed by atoms with Gasteiger partial charge in [0.2, 0.25) is 0 Å². The van der Waals surface area contributed by atoms with Gasteiger partial charge in [0, 0.05) is 12.2 Å². The highest BCUT2D eigenvalue weighted by atomic mass is 32.2. The molecule has 0 atom stereocenters. The van der Waals surface area contributed by atoms with Gasteiger partial charge in [-0.05, 0) is 18.1 Å². The highest BCUT2D eigenvalue weighted by Crippen LogP contribution is 2.15. The van der Waals surface area contributed by atoms with Crippen LogP contribution in [0.1, 0.15) is 37.6 Å². The van der Waals surface area contributed by atoms with E-state index in [4.69, 9.17) is 4.42 Å². The van der Waals surface area contributed by atoms with Crippen molar-refractivity contribution >= 4 is 11.8 Å². The van der Waals surface area contributed by atoms with E-state index < -0.39 is 0 Å². The minimum absolute atomic E-state index is 0.696. The third-order valence-electron chi connectivity index (χ3n) is 2.52. The number of rotatable bonds is 7. The average Bonchev–Trinajstić information content (AvgIpc) is 2.88. The second-order valence-corrected chi connectivity index (χ2v) is 5.11. The fraction of sp³-hybridized carbons (Fsp3) is 0.462. The van der Waals surface area contributed by atoms with Crippen molar-refractivity contribution in [3.8, 4) is 0 Å². The summed E-state index contributed by atoms with van der Waals surface area (Å²) in [6, 6.07) is 1.93. The summed E-state index contributed by atoms with van der Waals surface area (Å²) < 4.78 is 5.03. The molecule has 0 fully saturated rings. The Kier molecular flexibility index (Phi) is 5.20. The Morgan fingerprint density at radius 2 is 2.22 bits per heavy atom. The molecule has 0 aliphatic heterocycles. The molecule has 0 N–H and O–H groups in total. The fourth-order valence-electron chi connectivity index (χ4n) is 1.56. The Morgan fingerprint density at radius 1 is 1.28 bits per heavy atom. The molecule has 0 unspecified atom stereocenters. The number of nitrogens with zero attached hydrogens (tertiary/aromatic N) is 3. The first kappa shape index (κ1) is 13.1. The van der Waals surface area contributed by atoms with Crippen LogP contribution in [0.2, 0.25) is 0 Å². The van der Waals surface area contributed by atoms with E-state index in [1.165, 1.54) is 19.3 Å². The normalized spacial score (nSPS) is 10.7. The quantitative estimate of drug-likeness (QED) is 0.566. The van der Waals surface area contributed by atoms with Crippen molar-refractivity contribution in [3.05, 3.63) is 36.3 Å². The maximum absolute atomic E-state index is 5.03. The van der Waals surface area contributed by atoms with Crippen LogP contribution >= 0.6 is 11.8 Å². The summed E-state index contributed by atoms with van der Waals surface area (Å²) in [4.78, 5) is 12.8. The van der Waals surface area contributed by atoms with Gasteiger partial charge in [0.25, 0.3) is 0 Å². The summed E-state index contributed by atoms with van der Waals surface area (Å²) in [5.74, 6) is 1.87. The zero-order valence-corrected chi connectivity index (χ0v) is 11.3. The molecule has 2 aromatic rings. The van der Waals surface area contributed by atoms with Gasteiger partial charge in [0.1, 0.15) is 12.2 Å². The van der Waals surface area contributed by atoms with E-state index in [1.54, 1.807) is 30.6 Å². The summed E-state index contributed by atoms with van der Waals surface area (Å²) >= 11 is 1.70. The summed E-state index contributed by atoms with van der Waals surface area (Å²) in [7, 11) is 0. The predicted molar refractivity (Wildman–Crippen MR) is 71.6 cm³/mol. The topological polar surface area (TPSA) is 51.8 Å². The van der Waals surface area contributed by atoms with Crippen molar-refractivity contribution in [2.45, 2.75) is 37.8 Å². The Bertz CT molecular complexity index is 459. The number of hydrogen-bond donors (Lipinski definition) is 0. The molecule has 96 valence electrons. The first-order valence-corrected chi connectivity index (χ1v) is 7.19. The molecular weight excluding hydrogens is 246 g/mol. The summed E-state index contributed by atoms with van der Waals surface area (Å²) in [5.41, 5.74) is 1.09. The maximum atomic E-state index is 5.03. The third-order valence-corrected chi connectivity index (χ3v) is 3.47. The molecule has 0 aliphatic rings. The van der Waals surface area contributed by atoms with Crippen molar-refractivity contribution < 1.29 is 4.42 Å². The second kappa shape index (κ2) is 7.16. The molecule has 5 heteroatoms. The number of unbranched alkanes of at least 4 members (excludes halogenated alkanes) is 2. The summed E-state index contributed by atoms with van der Waals surface area (Å²) in [5, 5.41) is 0.819. The molecule has 0 radical (unpaired) electrons. The van der Waals surface area contributed by atoms with Crippen molar-refractivity contribution in [1.82, 2.24) is 15.0 Å². The van der Waals surface area contributed by atoms with Crippen LogP contribution in [0, 0.1) is 0 Å². The SMILES string of the molecule is CCCCCSc1ncnc(Cc2ccoc2)n1. The summed E-state index contributed by atoms with van der Waals surface area (Å²) in [6.45, 7) is 2.20. The van der Waals surface area contributed by atoms with Gasteiger partial charge in [-0.1, -0.05) is 31.5 Å². The van der Waals surface area contributed by atoms with Gasteiger partial charge in [0.15, 0.2) is 5.16 Å². The van der Waals surface area contributed by atoms with Crippen LogP contribution in [-0.4, -0.2) is 20.7 Å². The Hall–Kier alpha value is -1.36. The van der Waals surface area contributed by atoms with Crippen LogP contribution in [0.5, 0.6) is 0 Å². The first-order chi connectivity index (χ1) is 8.88. The van der Waals surface area contributed by atoms with Crippen molar-refractivity contribution in [2.24, 2.45) is 0 Å². The van der Waals surface area contributed by atoms with Gasteiger partial charge in [0.05, 0.1) is 12.5 Å². The van der Waals surface area contributed by atoms with E-state index in [0.717, 1.165) is 22.3 Å². The van der Waals surface area contributed by atoms with Gasteiger partial charge in [-0.25, -0.2) is 15.0 Å². The molecule has 18 heavy (non-hydrogen) atoms. The van der Waals surface area contributed by atoms with Crippen LogP contribution in [0.25, 0.3) is 0 Å². The Balaban J connectivity index is 1.88. The fourth-order valence-corrected chi connectivity index (χ4v) is 2.38. The molecule has 0 saturated carbocycles. The van der Waals surface area contributed by atoms with E-state index in [-0.39, 0.29) is 0 Å². The van der Waals surface area contributed by atoms with E-state index in [1.807, 2.05) is 6.07 Å². The van der Waals surface area contributed by atoms with Crippen LogP contribution in [-0.2, 0) is 6.42 Å². The molecule has 4 nitrogen and oxygen atoms in total. The number of furan rings is 1. The molecule has 2 rings (SSSR count). The van der Waals surface area contributed by atoms with Crippen molar-refractivity contribution in [1.29, 1.82) is 0 Å². The Morgan fingerprint density at radius 3 is 3.00 bits per heavy atom. The number of hydrogen-bond acceptors (Lipinski definition) is 5. The van der Waals surface area contributed by atoms with E-state index >= 15 is 0 Å². The van der Waals surface area contributed by atoms with Crippen LogP contribution in [0.15, 0.2) is 34.5 Å². The van der Waals surface area contributed by atoms with Crippen LogP contribution in [0.3, 0.4) is 0 Å². The molecular formula is C13H17N3OS. The third kappa shape index (κ3) is 4.14. The minimum Gasteiger partial charge on any atom is -0.472 e. The molecule has 0 amide bonds. The van der Waals surface area contributed by atoms with E-state index in [9.17, 15) is 0 Å². The summed E-state index contributed by atoms with van der Waals surface area (Å²) in [6.07, 6.45) is 9.38. The lowest BCUT2D eigenvalue weighted by molar-refractivity contribution is 0.564. The Labute approximate surface area is 111 Å². The van der Waals surface area contributed by atoms with Gasteiger partial charge in [-0.15, -0.1) is 0 Å². The van der Waals surface area contributed by atoms with Crippen LogP contribution < -0.4 is 0 Å². The number of thioether (sulfide) groups is 1. The van der Waals surface area contributed by atoms with Crippen molar-refractivity contribution in [2.75, 3.05) is 5.75 Å². The zero-order chi connectivity index (χ0) is 12.6. The largest absolute Gasteiger partial charge is 0.472 e. The van der Waals surface area contributed by atoms with Gasteiger partial charge in [-0.2, -0.15) is 0 Å². The van der Waals surface area contributed by atoms with Gasteiger partial charge >= 0.3 is 0 Å². The maximum Gasteiger partial charge on any atom is 0.190 e. The zero-order valence-electron chi connectivity index (χ0n) is 10.5. The lowest BCUT2D eigenvalue weighted by atomic mass is 10.2.